The zero-order chi connectivity index (χ0) is 19.4. The van der Waals surface area contributed by atoms with Gasteiger partial charge in [-0.3, -0.25) is 4.79 Å². The van der Waals surface area contributed by atoms with E-state index in [4.69, 9.17) is 4.74 Å². The summed E-state index contributed by atoms with van der Waals surface area (Å²) in [5.74, 6) is 0.763. The van der Waals surface area contributed by atoms with Gasteiger partial charge in [0.2, 0.25) is 15.9 Å². The van der Waals surface area contributed by atoms with E-state index in [2.05, 4.69) is 4.90 Å². The maximum absolute atomic E-state index is 13.0. The molecule has 2 aliphatic heterocycles. The summed E-state index contributed by atoms with van der Waals surface area (Å²) in [4.78, 5) is 16.8. The molecule has 0 radical (unpaired) electrons. The molecule has 7 nitrogen and oxygen atoms in total. The molecule has 0 aliphatic carbocycles. The van der Waals surface area contributed by atoms with Crippen LogP contribution in [0.25, 0.3) is 0 Å². The van der Waals surface area contributed by atoms with E-state index in [0.717, 1.165) is 19.6 Å². The van der Waals surface area contributed by atoms with Gasteiger partial charge in [0.1, 0.15) is 5.75 Å². The lowest BCUT2D eigenvalue weighted by Gasteiger charge is -2.34. The number of aryl methyl sites for hydroxylation is 1. The summed E-state index contributed by atoms with van der Waals surface area (Å²) in [6.07, 6.45) is 2.95. The van der Waals surface area contributed by atoms with Crippen molar-refractivity contribution in [3.8, 4) is 5.75 Å². The van der Waals surface area contributed by atoms with Gasteiger partial charge in [0.05, 0.1) is 12.0 Å². The fraction of sp³-hybridized carbons (Fsp3) is 0.632. The Kier molecular flexibility index (Phi) is 6.39. The average Bonchev–Trinajstić information content (AvgIpc) is 3.19. The summed E-state index contributed by atoms with van der Waals surface area (Å²) in [5, 5.41) is 0. The molecule has 2 fully saturated rings. The van der Waals surface area contributed by atoms with Crippen LogP contribution in [-0.2, 0) is 14.8 Å². The van der Waals surface area contributed by atoms with Crippen molar-refractivity contribution >= 4 is 15.9 Å². The van der Waals surface area contributed by atoms with Crippen molar-refractivity contribution in [2.45, 2.75) is 31.1 Å². The Hall–Kier alpha value is -1.64. The number of hydrogen-bond acceptors (Lipinski definition) is 5. The zero-order valence-corrected chi connectivity index (χ0v) is 17.0. The first-order valence-corrected chi connectivity index (χ1v) is 11.0. The Morgan fingerprint density at radius 3 is 2.33 bits per heavy atom. The highest BCUT2D eigenvalue weighted by Crippen LogP contribution is 2.25. The molecule has 150 valence electrons. The summed E-state index contributed by atoms with van der Waals surface area (Å²) in [5.41, 5.74) is 0.665. The monoisotopic (exact) mass is 395 g/mol. The van der Waals surface area contributed by atoms with Crippen LogP contribution in [0.4, 0.5) is 0 Å². The highest BCUT2D eigenvalue weighted by atomic mass is 32.2. The van der Waals surface area contributed by atoms with Crippen molar-refractivity contribution in [3.05, 3.63) is 23.8 Å². The van der Waals surface area contributed by atoms with Crippen LogP contribution in [0.1, 0.15) is 24.8 Å². The smallest absolute Gasteiger partial charge is 0.243 e. The number of likely N-dealkylation sites (tertiary alicyclic amines) is 1. The van der Waals surface area contributed by atoms with Gasteiger partial charge < -0.3 is 14.5 Å². The quantitative estimate of drug-likeness (QED) is 0.727. The maximum atomic E-state index is 13.0. The third kappa shape index (κ3) is 4.62. The Morgan fingerprint density at radius 2 is 1.74 bits per heavy atom. The Balaban J connectivity index is 1.56. The maximum Gasteiger partial charge on any atom is 0.243 e. The lowest BCUT2D eigenvalue weighted by Crippen LogP contribution is -2.50. The average molecular weight is 396 g/mol. The first kappa shape index (κ1) is 20.1. The first-order chi connectivity index (χ1) is 12.9. The Morgan fingerprint density at radius 1 is 1.07 bits per heavy atom. The fourth-order valence-electron chi connectivity index (χ4n) is 3.77. The van der Waals surface area contributed by atoms with Gasteiger partial charge in [0.25, 0.3) is 0 Å². The first-order valence-electron chi connectivity index (χ1n) is 9.57. The number of piperazine rings is 1. The normalized spacial score (nSPS) is 19.4. The Labute approximate surface area is 161 Å². The molecule has 0 spiro atoms. The van der Waals surface area contributed by atoms with Gasteiger partial charge in [0.15, 0.2) is 0 Å². The third-order valence-electron chi connectivity index (χ3n) is 5.43. The van der Waals surface area contributed by atoms with Crippen molar-refractivity contribution in [3.63, 3.8) is 0 Å². The van der Waals surface area contributed by atoms with E-state index >= 15 is 0 Å². The second kappa shape index (κ2) is 8.58. The van der Waals surface area contributed by atoms with E-state index in [9.17, 15) is 13.2 Å². The van der Waals surface area contributed by atoms with E-state index in [1.54, 1.807) is 37.1 Å². The summed E-state index contributed by atoms with van der Waals surface area (Å²) < 4.78 is 32.5. The second-order valence-electron chi connectivity index (χ2n) is 7.22. The summed E-state index contributed by atoms with van der Waals surface area (Å²) in [7, 11) is -2.00. The molecular weight excluding hydrogens is 366 g/mol. The minimum absolute atomic E-state index is 0.125. The molecule has 0 bridgehead atoms. The van der Waals surface area contributed by atoms with Crippen molar-refractivity contribution in [2.24, 2.45) is 0 Å². The van der Waals surface area contributed by atoms with Gasteiger partial charge in [-0.1, -0.05) is 0 Å². The lowest BCUT2D eigenvalue weighted by atomic mass is 10.2. The van der Waals surface area contributed by atoms with Crippen LogP contribution in [0.15, 0.2) is 23.1 Å². The molecule has 1 amide bonds. The number of ether oxygens (including phenoxy) is 1. The number of amides is 1. The number of methoxy groups -OCH3 is 1. The molecule has 2 aliphatic rings. The van der Waals surface area contributed by atoms with Gasteiger partial charge in [-0.15, -0.1) is 0 Å². The molecule has 0 aromatic heterocycles. The minimum Gasteiger partial charge on any atom is -0.497 e. The molecule has 0 N–H and O–H groups in total. The molecule has 1 aromatic rings. The topological polar surface area (TPSA) is 70.2 Å². The van der Waals surface area contributed by atoms with E-state index in [1.165, 1.54) is 17.1 Å². The van der Waals surface area contributed by atoms with Gasteiger partial charge in [-0.2, -0.15) is 4.31 Å². The minimum atomic E-state index is -3.56. The van der Waals surface area contributed by atoms with E-state index in [0.29, 0.717) is 48.8 Å². The van der Waals surface area contributed by atoms with Crippen molar-refractivity contribution in [1.82, 2.24) is 14.1 Å². The summed E-state index contributed by atoms with van der Waals surface area (Å²) in [6.45, 7) is 6.32. The fourth-order valence-corrected chi connectivity index (χ4v) is 5.40. The van der Waals surface area contributed by atoms with Gasteiger partial charge in [0, 0.05) is 39.1 Å². The van der Waals surface area contributed by atoms with Crippen molar-refractivity contribution < 1.29 is 17.9 Å². The van der Waals surface area contributed by atoms with Crippen molar-refractivity contribution in [2.75, 3.05) is 52.9 Å². The van der Waals surface area contributed by atoms with Crippen LogP contribution < -0.4 is 4.74 Å². The SMILES string of the molecule is COc1ccc(S(=O)(=O)N2CCN(C(=O)CCN3CCCC3)CC2)c(C)c1. The zero-order valence-electron chi connectivity index (χ0n) is 16.2. The number of nitrogens with zero attached hydrogens (tertiary/aromatic N) is 3. The van der Waals surface area contributed by atoms with E-state index < -0.39 is 10.0 Å². The van der Waals surface area contributed by atoms with Crippen LogP contribution in [0.5, 0.6) is 5.75 Å². The highest BCUT2D eigenvalue weighted by Gasteiger charge is 2.31. The van der Waals surface area contributed by atoms with Crippen molar-refractivity contribution in [1.29, 1.82) is 0 Å². The summed E-state index contributed by atoms with van der Waals surface area (Å²) >= 11 is 0. The lowest BCUT2D eigenvalue weighted by molar-refractivity contribution is -0.132. The number of benzene rings is 1. The third-order valence-corrected chi connectivity index (χ3v) is 7.49. The van der Waals surface area contributed by atoms with E-state index in [1.807, 2.05) is 0 Å². The van der Waals surface area contributed by atoms with Crippen LogP contribution in [0.3, 0.4) is 0 Å². The van der Waals surface area contributed by atoms with Gasteiger partial charge in [-0.25, -0.2) is 8.42 Å². The molecule has 0 unspecified atom stereocenters. The van der Waals surface area contributed by atoms with Gasteiger partial charge in [-0.05, 0) is 56.6 Å². The number of sulfonamides is 1. The van der Waals surface area contributed by atoms with Crippen LogP contribution in [0, 0.1) is 6.92 Å². The molecule has 1 aromatic carbocycles. The standard InChI is InChI=1S/C19H29N3O4S/c1-16-15-17(26-2)5-6-18(16)27(24,25)22-13-11-21(12-14-22)19(23)7-10-20-8-3-4-9-20/h5-6,15H,3-4,7-14H2,1-2H3. The largest absolute Gasteiger partial charge is 0.497 e. The Bertz CT molecular complexity index is 767. The highest BCUT2D eigenvalue weighted by molar-refractivity contribution is 7.89. The second-order valence-corrected chi connectivity index (χ2v) is 9.12. The number of hydrogen-bond donors (Lipinski definition) is 0. The van der Waals surface area contributed by atoms with Crippen LogP contribution >= 0.6 is 0 Å². The molecular formula is C19H29N3O4S. The predicted molar refractivity (Wildman–Crippen MR) is 103 cm³/mol. The molecule has 2 saturated heterocycles. The molecule has 0 saturated carbocycles. The number of carbonyl (C=O) groups is 1. The molecule has 0 atom stereocenters. The van der Waals surface area contributed by atoms with Crippen LogP contribution in [0.2, 0.25) is 0 Å². The molecule has 8 heteroatoms. The van der Waals surface area contributed by atoms with E-state index in [-0.39, 0.29) is 5.91 Å². The number of rotatable bonds is 6. The van der Waals surface area contributed by atoms with Crippen LogP contribution in [-0.4, -0.2) is 81.4 Å². The molecule has 2 heterocycles. The molecule has 3 rings (SSSR count). The predicted octanol–water partition coefficient (Wildman–Crippen LogP) is 1.32. The van der Waals surface area contributed by atoms with Gasteiger partial charge >= 0.3 is 0 Å². The molecule has 27 heavy (non-hydrogen) atoms. The summed E-state index contributed by atoms with van der Waals surface area (Å²) in [6, 6.07) is 4.99. The number of carbonyl (C=O) groups excluding carboxylic acids is 1.